The van der Waals surface area contributed by atoms with Crippen LogP contribution in [-0.2, 0) is 17.7 Å². The molecule has 0 aliphatic carbocycles. The van der Waals surface area contributed by atoms with Gasteiger partial charge in [-0.1, -0.05) is 18.2 Å². The third-order valence-electron chi connectivity index (χ3n) is 7.34. The number of hydrogen-bond donors (Lipinski definition) is 1. The number of aryl methyl sites for hydroxylation is 1. The summed E-state index contributed by atoms with van der Waals surface area (Å²) in [6, 6.07) is 18.7. The van der Waals surface area contributed by atoms with Crippen LogP contribution in [0.15, 0.2) is 73.1 Å². The van der Waals surface area contributed by atoms with Crippen molar-refractivity contribution in [3.63, 3.8) is 0 Å². The van der Waals surface area contributed by atoms with E-state index >= 15 is 0 Å². The maximum absolute atomic E-state index is 12.7. The monoisotopic (exact) mass is 543 g/mol. The highest BCUT2D eigenvalue weighted by Crippen LogP contribution is 2.18. The summed E-state index contributed by atoms with van der Waals surface area (Å²) in [5.74, 6) is 0.273. The molecule has 2 aliphatic heterocycles. The topological polar surface area (TPSA) is 87.2 Å². The summed E-state index contributed by atoms with van der Waals surface area (Å²) in [5, 5.41) is 2.91. The molecule has 5 rings (SSSR count). The van der Waals surface area contributed by atoms with Crippen LogP contribution < -0.4 is 10.1 Å². The van der Waals surface area contributed by atoms with Gasteiger partial charge in [0.15, 0.2) is 0 Å². The number of nitrogens with one attached hydrogen (secondary N) is 1. The number of rotatable bonds is 9. The number of ether oxygens (including phenoxy) is 2. The molecule has 0 spiro atoms. The molecule has 0 atom stereocenters. The summed E-state index contributed by atoms with van der Waals surface area (Å²) in [6.45, 7) is 8.21. The molecule has 1 N–H and O–H groups in total. The van der Waals surface area contributed by atoms with Gasteiger partial charge in [0, 0.05) is 69.5 Å². The predicted molar refractivity (Wildman–Crippen MR) is 154 cm³/mol. The van der Waals surface area contributed by atoms with Crippen molar-refractivity contribution in [2.24, 2.45) is 0 Å². The Hall–Kier alpha value is -3.79. The number of hydrogen-bond acceptors (Lipinski definition) is 7. The van der Waals surface area contributed by atoms with Crippen molar-refractivity contribution < 1.29 is 19.1 Å². The van der Waals surface area contributed by atoms with Crippen molar-refractivity contribution in [3.05, 3.63) is 89.7 Å². The standard InChI is InChI=1S/C31H37N5O4/c37-30(27-7-5-26(6-8-27)24-35-19-21-39-22-20-35)33-28-9-11-29(12-10-28)40-31(38)36-17-15-34(16-18-36)14-2-4-25-3-1-13-32-23-25/h1,3,5-13,23H,2,4,14-22,24H2,(H,33,37). The van der Waals surface area contributed by atoms with Crippen LogP contribution in [0.3, 0.4) is 0 Å². The lowest BCUT2D eigenvalue weighted by atomic mass is 10.1. The number of amides is 2. The van der Waals surface area contributed by atoms with Gasteiger partial charge in [-0.3, -0.25) is 19.6 Å². The average molecular weight is 544 g/mol. The summed E-state index contributed by atoms with van der Waals surface area (Å²) in [6.07, 6.45) is 5.44. The van der Waals surface area contributed by atoms with Gasteiger partial charge in [0.05, 0.1) is 13.2 Å². The van der Waals surface area contributed by atoms with Crippen LogP contribution >= 0.6 is 0 Å². The smallest absolute Gasteiger partial charge is 0.410 e. The molecular formula is C31H37N5O4. The Labute approximate surface area is 235 Å². The number of aromatic nitrogens is 1. The van der Waals surface area contributed by atoms with E-state index in [-0.39, 0.29) is 12.0 Å². The van der Waals surface area contributed by atoms with Crippen molar-refractivity contribution in [1.82, 2.24) is 19.7 Å². The van der Waals surface area contributed by atoms with Crippen molar-refractivity contribution in [3.8, 4) is 5.75 Å². The van der Waals surface area contributed by atoms with E-state index < -0.39 is 0 Å². The van der Waals surface area contributed by atoms with Crippen molar-refractivity contribution in [1.29, 1.82) is 0 Å². The predicted octanol–water partition coefficient (Wildman–Crippen LogP) is 3.92. The summed E-state index contributed by atoms with van der Waals surface area (Å²) in [7, 11) is 0. The van der Waals surface area contributed by atoms with Crippen molar-refractivity contribution >= 4 is 17.7 Å². The van der Waals surface area contributed by atoms with Gasteiger partial charge in [0.2, 0.25) is 0 Å². The first-order valence-corrected chi connectivity index (χ1v) is 14.0. The van der Waals surface area contributed by atoms with Crippen LogP contribution in [0.2, 0.25) is 0 Å². The lowest BCUT2D eigenvalue weighted by molar-refractivity contribution is 0.0342. The third kappa shape index (κ3) is 8.11. The molecule has 0 bridgehead atoms. The van der Waals surface area contributed by atoms with Gasteiger partial charge >= 0.3 is 6.09 Å². The zero-order valence-corrected chi connectivity index (χ0v) is 22.8. The minimum Gasteiger partial charge on any atom is -0.410 e. The maximum Gasteiger partial charge on any atom is 0.415 e. The lowest BCUT2D eigenvalue weighted by Gasteiger charge is -2.34. The number of anilines is 1. The number of nitrogens with zero attached hydrogens (tertiary/aromatic N) is 4. The number of morpholine rings is 1. The Morgan fingerprint density at radius 1 is 0.850 bits per heavy atom. The van der Waals surface area contributed by atoms with E-state index in [0.29, 0.717) is 30.1 Å². The third-order valence-corrected chi connectivity index (χ3v) is 7.34. The van der Waals surface area contributed by atoms with E-state index in [4.69, 9.17) is 9.47 Å². The van der Waals surface area contributed by atoms with Crippen LogP contribution in [0.5, 0.6) is 5.75 Å². The van der Waals surface area contributed by atoms with Gasteiger partial charge < -0.3 is 19.7 Å². The van der Waals surface area contributed by atoms with E-state index in [1.165, 1.54) is 11.1 Å². The second kappa shape index (κ2) is 14.0. The SMILES string of the molecule is O=C(Nc1ccc(OC(=O)N2CCN(CCCc3cccnc3)CC2)cc1)c1ccc(CN2CCOCC2)cc1. The molecule has 3 aromatic rings. The highest BCUT2D eigenvalue weighted by atomic mass is 16.6. The summed E-state index contributed by atoms with van der Waals surface area (Å²) < 4.78 is 11.0. The number of piperazine rings is 1. The van der Waals surface area contributed by atoms with Crippen molar-refractivity contribution in [2.75, 3.05) is 64.3 Å². The molecule has 210 valence electrons. The molecule has 2 aromatic carbocycles. The van der Waals surface area contributed by atoms with Crippen LogP contribution in [0.25, 0.3) is 0 Å². The van der Waals surface area contributed by atoms with E-state index in [1.807, 2.05) is 36.5 Å². The molecule has 9 heteroatoms. The van der Waals surface area contributed by atoms with Gasteiger partial charge in [0.25, 0.3) is 5.91 Å². The van der Waals surface area contributed by atoms with E-state index in [9.17, 15) is 9.59 Å². The molecule has 2 fully saturated rings. The molecule has 0 unspecified atom stereocenters. The van der Waals surface area contributed by atoms with Crippen molar-refractivity contribution in [2.45, 2.75) is 19.4 Å². The normalized spacial score (nSPS) is 16.4. The molecule has 2 amide bonds. The number of carbonyl (C=O) groups is 2. The molecule has 9 nitrogen and oxygen atoms in total. The molecule has 2 aliphatic rings. The second-order valence-electron chi connectivity index (χ2n) is 10.2. The van der Waals surface area contributed by atoms with E-state index in [0.717, 1.165) is 65.3 Å². The van der Waals surface area contributed by atoms with Gasteiger partial charge in [0.1, 0.15) is 5.75 Å². The minimum atomic E-state index is -0.344. The first-order valence-electron chi connectivity index (χ1n) is 14.0. The molecule has 3 heterocycles. The summed E-state index contributed by atoms with van der Waals surface area (Å²) in [5.41, 5.74) is 3.66. The van der Waals surface area contributed by atoms with Gasteiger partial charge in [-0.15, -0.1) is 0 Å². The number of benzene rings is 2. The average Bonchev–Trinajstić information content (AvgIpc) is 3.00. The van der Waals surface area contributed by atoms with E-state index in [1.54, 1.807) is 35.4 Å². The van der Waals surface area contributed by atoms with Crippen LogP contribution in [0, 0.1) is 0 Å². The maximum atomic E-state index is 12.7. The van der Waals surface area contributed by atoms with E-state index in [2.05, 4.69) is 26.2 Å². The fraction of sp³-hybridized carbons (Fsp3) is 0.387. The fourth-order valence-electron chi connectivity index (χ4n) is 4.96. The summed E-state index contributed by atoms with van der Waals surface area (Å²) in [4.78, 5) is 36.0. The fourth-order valence-corrected chi connectivity index (χ4v) is 4.96. The highest BCUT2D eigenvalue weighted by Gasteiger charge is 2.22. The Morgan fingerprint density at radius 2 is 1.60 bits per heavy atom. The molecular weight excluding hydrogens is 506 g/mol. The second-order valence-corrected chi connectivity index (χ2v) is 10.2. The first-order chi connectivity index (χ1) is 19.6. The van der Waals surface area contributed by atoms with Crippen LogP contribution in [-0.4, -0.2) is 90.7 Å². The van der Waals surface area contributed by atoms with Crippen LogP contribution in [0.4, 0.5) is 10.5 Å². The van der Waals surface area contributed by atoms with Gasteiger partial charge in [-0.25, -0.2) is 4.79 Å². The Morgan fingerprint density at radius 3 is 2.30 bits per heavy atom. The molecule has 1 aromatic heterocycles. The molecule has 2 saturated heterocycles. The Bertz CT molecular complexity index is 1220. The quantitative estimate of drug-likeness (QED) is 0.438. The largest absolute Gasteiger partial charge is 0.415 e. The molecule has 40 heavy (non-hydrogen) atoms. The zero-order chi connectivity index (χ0) is 27.6. The Balaban J connectivity index is 1.02. The summed E-state index contributed by atoms with van der Waals surface area (Å²) >= 11 is 0. The minimum absolute atomic E-state index is 0.180. The van der Waals surface area contributed by atoms with Crippen LogP contribution in [0.1, 0.15) is 27.9 Å². The first kappa shape index (κ1) is 27.8. The lowest BCUT2D eigenvalue weighted by Crippen LogP contribution is -2.49. The van der Waals surface area contributed by atoms with Gasteiger partial charge in [-0.05, 0) is 73.0 Å². The Kier molecular flexibility index (Phi) is 9.73. The number of pyridine rings is 1. The molecule has 0 saturated carbocycles. The molecule has 0 radical (unpaired) electrons. The highest BCUT2D eigenvalue weighted by molar-refractivity contribution is 6.04. The number of carbonyl (C=O) groups excluding carboxylic acids is 2. The zero-order valence-electron chi connectivity index (χ0n) is 22.8. The van der Waals surface area contributed by atoms with Gasteiger partial charge in [-0.2, -0.15) is 0 Å².